The second-order valence-corrected chi connectivity index (χ2v) is 8.37. The van der Waals surface area contributed by atoms with Crippen LogP contribution in [0, 0.1) is 12.7 Å². The van der Waals surface area contributed by atoms with E-state index in [1.807, 2.05) is 58.9 Å². The molecule has 0 N–H and O–H groups in total. The van der Waals surface area contributed by atoms with Crippen molar-refractivity contribution in [3.8, 4) is 0 Å². The summed E-state index contributed by atoms with van der Waals surface area (Å²) >= 11 is 0. The third kappa shape index (κ3) is 4.64. The summed E-state index contributed by atoms with van der Waals surface area (Å²) in [5.41, 5.74) is 5.04. The van der Waals surface area contributed by atoms with Crippen molar-refractivity contribution in [3.05, 3.63) is 95.3 Å². The van der Waals surface area contributed by atoms with E-state index in [1.54, 1.807) is 18.5 Å². The largest absolute Gasteiger partial charge is 0.368 e. The molecule has 5 rings (SSSR count). The predicted octanol–water partition coefficient (Wildman–Crippen LogP) is 4.07. The van der Waals surface area contributed by atoms with Crippen LogP contribution in [0.4, 0.5) is 4.39 Å². The highest BCUT2D eigenvalue weighted by molar-refractivity contribution is 5.80. The van der Waals surface area contributed by atoms with Crippen molar-refractivity contribution in [2.75, 3.05) is 19.7 Å². The van der Waals surface area contributed by atoms with E-state index in [1.165, 1.54) is 6.07 Å². The Bertz CT molecular complexity index is 1300. The molecule has 0 bridgehead atoms. The highest BCUT2D eigenvalue weighted by Gasteiger charge is 2.27. The van der Waals surface area contributed by atoms with Gasteiger partial charge in [-0.3, -0.25) is 9.78 Å². The van der Waals surface area contributed by atoms with Crippen molar-refractivity contribution < 1.29 is 13.9 Å². The second kappa shape index (κ2) is 9.11. The number of benzene rings is 2. The number of carbonyl (C=O) groups excluding carboxylic acids is 1. The Morgan fingerprint density at radius 1 is 1.15 bits per heavy atom. The van der Waals surface area contributed by atoms with Crippen molar-refractivity contribution in [3.63, 3.8) is 0 Å². The first-order valence-corrected chi connectivity index (χ1v) is 11.1. The van der Waals surface area contributed by atoms with Gasteiger partial charge < -0.3 is 14.2 Å². The minimum atomic E-state index is -0.318. The summed E-state index contributed by atoms with van der Waals surface area (Å²) < 4.78 is 22.0. The molecule has 1 amide bonds. The first kappa shape index (κ1) is 21.3. The number of rotatable bonds is 5. The van der Waals surface area contributed by atoms with E-state index in [-0.39, 0.29) is 24.4 Å². The molecule has 4 aromatic rings. The lowest BCUT2D eigenvalue weighted by molar-refractivity contribution is -0.139. The molecule has 6 nitrogen and oxygen atoms in total. The zero-order valence-corrected chi connectivity index (χ0v) is 18.4. The van der Waals surface area contributed by atoms with E-state index < -0.39 is 0 Å². The van der Waals surface area contributed by atoms with Gasteiger partial charge in [0.05, 0.1) is 36.2 Å². The van der Waals surface area contributed by atoms with Gasteiger partial charge in [-0.05, 0) is 48.4 Å². The summed E-state index contributed by atoms with van der Waals surface area (Å²) in [7, 11) is 0. The van der Waals surface area contributed by atoms with Crippen LogP contribution in [0.15, 0.2) is 67.0 Å². The summed E-state index contributed by atoms with van der Waals surface area (Å²) in [6.45, 7) is 3.56. The summed E-state index contributed by atoms with van der Waals surface area (Å²) in [5, 5.41) is 0. The molecular weight excluding hydrogens is 419 g/mol. The molecule has 168 valence electrons. The van der Waals surface area contributed by atoms with E-state index in [2.05, 4.69) is 9.97 Å². The Labute approximate surface area is 191 Å². The molecule has 0 aliphatic carbocycles. The van der Waals surface area contributed by atoms with Gasteiger partial charge in [-0.1, -0.05) is 30.3 Å². The van der Waals surface area contributed by atoms with Crippen LogP contribution in [0.2, 0.25) is 0 Å². The first-order valence-electron chi connectivity index (χ1n) is 11.1. The number of carbonyl (C=O) groups is 1. The number of amides is 1. The number of halogens is 1. The SMILES string of the molecule is Cc1cc(Cc2ccccc2F)cc([C@H]2CN(C(=O)Cn3cnc4ccccc43)CCO2)n1. The molecule has 2 aromatic heterocycles. The number of morpholine rings is 1. The normalized spacial score (nSPS) is 16.3. The molecule has 0 radical (unpaired) electrons. The van der Waals surface area contributed by atoms with Crippen molar-refractivity contribution in [1.82, 2.24) is 19.4 Å². The fourth-order valence-electron chi connectivity index (χ4n) is 4.33. The van der Waals surface area contributed by atoms with Gasteiger partial charge in [-0.2, -0.15) is 0 Å². The second-order valence-electron chi connectivity index (χ2n) is 8.37. The Kier molecular flexibility index (Phi) is 5.88. The third-order valence-electron chi connectivity index (χ3n) is 5.97. The van der Waals surface area contributed by atoms with Gasteiger partial charge in [0.15, 0.2) is 0 Å². The van der Waals surface area contributed by atoms with Gasteiger partial charge in [0, 0.05) is 18.7 Å². The monoisotopic (exact) mass is 444 g/mol. The smallest absolute Gasteiger partial charge is 0.242 e. The fourth-order valence-corrected chi connectivity index (χ4v) is 4.33. The average Bonchev–Trinajstić information content (AvgIpc) is 3.23. The van der Waals surface area contributed by atoms with Crippen LogP contribution in [0.5, 0.6) is 0 Å². The maximum atomic E-state index is 14.1. The Balaban J connectivity index is 1.31. The lowest BCUT2D eigenvalue weighted by atomic mass is 10.0. The quantitative estimate of drug-likeness (QED) is 0.466. The van der Waals surface area contributed by atoms with Crippen LogP contribution in [0.3, 0.4) is 0 Å². The highest BCUT2D eigenvalue weighted by Crippen LogP contribution is 2.24. The van der Waals surface area contributed by atoms with Gasteiger partial charge in [0.2, 0.25) is 5.91 Å². The number of aryl methyl sites for hydroxylation is 1. The van der Waals surface area contributed by atoms with Crippen LogP contribution >= 0.6 is 0 Å². The Morgan fingerprint density at radius 2 is 1.97 bits per heavy atom. The molecular formula is C26H25FN4O2. The van der Waals surface area contributed by atoms with Crippen LogP contribution in [0.25, 0.3) is 11.0 Å². The summed E-state index contributed by atoms with van der Waals surface area (Å²) in [5.74, 6) is -0.197. The van der Waals surface area contributed by atoms with Crippen LogP contribution in [-0.4, -0.2) is 45.0 Å². The molecule has 2 aromatic carbocycles. The van der Waals surface area contributed by atoms with Gasteiger partial charge in [-0.25, -0.2) is 9.37 Å². The van der Waals surface area contributed by atoms with Crippen molar-refractivity contribution in [2.45, 2.75) is 26.0 Å². The number of para-hydroxylation sites is 2. The van der Waals surface area contributed by atoms with Crippen molar-refractivity contribution in [2.24, 2.45) is 0 Å². The summed E-state index contributed by atoms with van der Waals surface area (Å²) in [4.78, 5) is 23.9. The average molecular weight is 445 g/mol. The lowest BCUT2D eigenvalue weighted by Gasteiger charge is -2.33. The van der Waals surface area contributed by atoms with Gasteiger partial charge in [-0.15, -0.1) is 0 Å². The fraction of sp³-hybridized carbons (Fsp3) is 0.269. The first-order chi connectivity index (χ1) is 16.1. The highest BCUT2D eigenvalue weighted by atomic mass is 19.1. The number of ether oxygens (including phenoxy) is 1. The van der Waals surface area contributed by atoms with Gasteiger partial charge >= 0.3 is 0 Å². The number of imidazole rings is 1. The molecule has 1 fully saturated rings. The predicted molar refractivity (Wildman–Crippen MR) is 123 cm³/mol. The van der Waals surface area contributed by atoms with Crippen LogP contribution < -0.4 is 0 Å². The molecule has 1 atom stereocenters. The van der Waals surface area contributed by atoms with Crippen molar-refractivity contribution >= 4 is 16.9 Å². The summed E-state index contributed by atoms with van der Waals surface area (Å²) in [6.07, 6.45) is 1.87. The third-order valence-corrected chi connectivity index (χ3v) is 5.97. The molecule has 0 spiro atoms. The number of fused-ring (bicyclic) bond motifs is 1. The van der Waals surface area contributed by atoms with E-state index in [0.29, 0.717) is 31.7 Å². The summed E-state index contributed by atoms with van der Waals surface area (Å²) in [6, 6.07) is 18.5. The van der Waals surface area contributed by atoms with Crippen molar-refractivity contribution in [1.29, 1.82) is 0 Å². The molecule has 1 saturated heterocycles. The minimum absolute atomic E-state index is 0.0192. The maximum absolute atomic E-state index is 14.1. The number of hydrogen-bond donors (Lipinski definition) is 0. The van der Waals surface area contributed by atoms with E-state index in [9.17, 15) is 9.18 Å². The Hall–Kier alpha value is -3.58. The zero-order chi connectivity index (χ0) is 22.8. The number of hydrogen-bond acceptors (Lipinski definition) is 4. The van der Waals surface area contributed by atoms with Gasteiger partial charge in [0.25, 0.3) is 0 Å². The molecule has 33 heavy (non-hydrogen) atoms. The Morgan fingerprint density at radius 3 is 2.85 bits per heavy atom. The molecule has 0 unspecified atom stereocenters. The zero-order valence-electron chi connectivity index (χ0n) is 18.4. The molecule has 1 aliphatic heterocycles. The number of pyridine rings is 1. The van der Waals surface area contributed by atoms with Crippen LogP contribution in [-0.2, 0) is 22.5 Å². The lowest BCUT2D eigenvalue weighted by Crippen LogP contribution is -2.43. The van der Waals surface area contributed by atoms with Crippen LogP contribution in [0.1, 0.15) is 28.6 Å². The molecule has 3 heterocycles. The van der Waals surface area contributed by atoms with Gasteiger partial charge in [0.1, 0.15) is 18.5 Å². The van der Waals surface area contributed by atoms with E-state index >= 15 is 0 Å². The maximum Gasteiger partial charge on any atom is 0.242 e. The number of aromatic nitrogens is 3. The minimum Gasteiger partial charge on any atom is -0.368 e. The topological polar surface area (TPSA) is 60.2 Å². The van der Waals surface area contributed by atoms with E-state index in [0.717, 1.165) is 28.0 Å². The molecule has 0 saturated carbocycles. The molecule has 1 aliphatic rings. The standard InChI is InChI=1S/C26H25FN4O2/c1-18-12-19(13-20-6-2-3-7-21(20)27)14-23(29-18)25-15-30(10-11-33-25)26(32)16-31-17-28-22-8-4-5-9-24(22)31/h2-9,12,14,17,25H,10-11,13,15-16H2,1H3/t25-/m1/s1. The molecule has 7 heteroatoms. The number of nitrogens with zero attached hydrogens (tertiary/aromatic N) is 4. The van der Waals surface area contributed by atoms with E-state index in [4.69, 9.17) is 4.74 Å².